The van der Waals surface area contributed by atoms with Crippen molar-refractivity contribution in [2.24, 2.45) is 0 Å². The largest absolute Gasteiger partial charge is 0.450 e. The van der Waals surface area contributed by atoms with Gasteiger partial charge in [0.05, 0.1) is 18.1 Å². The minimum Gasteiger partial charge on any atom is -0.450 e. The Morgan fingerprint density at radius 2 is 1.58 bits per heavy atom. The van der Waals surface area contributed by atoms with Crippen LogP contribution < -0.4 is 0 Å². The standard InChI is InChI=1S/C25H23F2N3O5S/c1-2-35-24(33)29-12-10-28(11-13-29)22(31)17-8-6-16(7-9-17)14-21-23(32)30(25(34)36-21)15-18-19(26)4-3-5-20(18)27/h3-9,14H,2,10-13,15H2,1H3/b21-14-. The quantitative estimate of drug-likeness (QED) is 0.557. The molecule has 0 spiro atoms. The van der Waals surface area contributed by atoms with Crippen molar-refractivity contribution in [3.63, 3.8) is 0 Å². The van der Waals surface area contributed by atoms with Gasteiger partial charge in [-0.05, 0) is 54.6 Å². The SMILES string of the molecule is CCOC(=O)N1CCN(C(=O)c2ccc(/C=C3\SC(=O)N(Cc4c(F)cccc4F)C3=O)cc2)CC1. The molecule has 2 aromatic carbocycles. The summed E-state index contributed by atoms with van der Waals surface area (Å²) >= 11 is 0.683. The van der Waals surface area contributed by atoms with Gasteiger partial charge in [0.25, 0.3) is 17.1 Å². The minimum absolute atomic E-state index is 0.117. The van der Waals surface area contributed by atoms with Crippen LogP contribution in [0.4, 0.5) is 18.4 Å². The van der Waals surface area contributed by atoms with Gasteiger partial charge in [0.2, 0.25) is 0 Å². The molecule has 0 aliphatic carbocycles. The van der Waals surface area contributed by atoms with Gasteiger partial charge in [0.15, 0.2) is 0 Å². The monoisotopic (exact) mass is 515 g/mol. The molecule has 2 aromatic rings. The summed E-state index contributed by atoms with van der Waals surface area (Å²) in [5.41, 5.74) is 0.674. The lowest BCUT2D eigenvalue weighted by Crippen LogP contribution is -2.50. The van der Waals surface area contributed by atoms with Gasteiger partial charge in [-0.2, -0.15) is 0 Å². The summed E-state index contributed by atoms with van der Waals surface area (Å²) < 4.78 is 32.9. The first-order valence-corrected chi connectivity index (χ1v) is 12.1. The van der Waals surface area contributed by atoms with E-state index in [4.69, 9.17) is 4.74 Å². The third-order valence-electron chi connectivity index (χ3n) is 5.80. The lowest BCUT2D eigenvalue weighted by atomic mass is 10.1. The molecule has 188 valence electrons. The van der Waals surface area contributed by atoms with Crippen molar-refractivity contribution in [1.29, 1.82) is 0 Å². The number of carbonyl (C=O) groups is 4. The molecule has 2 heterocycles. The molecule has 0 unspecified atom stereocenters. The maximum atomic E-state index is 14.0. The lowest BCUT2D eigenvalue weighted by Gasteiger charge is -2.34. The third-order valence-corrected chi connectivity index (χ3v) is 6.71. The Bertz CT molecular complexity index is 1210. The first-order chi connectivity index (χ1) is 17.3. The summed E-state index contributed by atoms with van der Waals surface area (Å²) in [5.74, 6) is -2.49. The van der Waals surface area contributed by atoms with Crippen LogP contribution in [0.5, 0.6) is 0 Å². The number of carbonyl (C=O) groups excluding carboxylic acids is 4. The number of rotatable bonds is 5. The van der Waals surface area contributed by atoms with Gasteiger partial charge < -0.3 is 14.5 Å². The van der Waals surface area contributed by atoms with Gasteiger partial charge in [-0.25, -0.2) is 13.6 Å². The normalized spacial score (nSPS) is 17.2. The molecular weight excluding hydrogens is 492 g/mol. The van der Waals surface area contributed by atoms with Crippen LogP contribution in [0.3, 0.4) is 0 Å². The Morgan fingerprint density at radius 1 is 0.972 bits per heavy atom. The molecule has 2 aliphatic heterocycles. The van der Waals surface area contributed by atoms with Crippen LogP contribution in [0.2, 0.25) is 0 Å². The van der Waals surface area contributed by atoms with E-state index >= 15 is 0 Å². The zero-order chi connectivity index (χ0) is 25.8. The van der Waals surface area contributed by atoms with Crippen LogP contribution in [-0.2, 0) is 16.1 Å². The molecule has 0 radical (unpaired) electrons. The molecule has 11 heteroatoms. The van der Waals surface area contributed by atoms with Crippen molar-refractivity contribution in [3.8, 4) is 0 Å². The van der Waals surface area contributed by atoms with Gasteiger partial charge in [0, 0.05) is 37.3 Å². The van der Waals surface area contributed by atoms with Crippen LogP contribution in [-0.4, -0.2) is 70.6 Å². The number of benzene rings is 2. The number of imide groups is 1. The Morgan fingerprint density at radius 3 is 2.19 bits per heavy atom. The lowest BCUT2D eigenvalue weighted by molar-refractivity contribution is -0.123. The number of nitrogens with zero attached hydrogens (tertiary/aromatic N) is 3. The van der Waals surface area contributed by atoms with E-state index in [1.165, 1.54) is 12.1 Å². The average molecular weight is 516 g/mol. The highest BCUT2D eigenvalue weighted by Crippen LogP contribution is 2.34. The van der Waals surface area contributed by atoms with Crippen molar-refractivity contribution in [2.45, 2.75) is 13.5 Å². The van der Waals surface area contributed by atoms with E-state index in [-0.39, 0.29) is 16.4 Å². The Kier molecular flexibility index (Phi) is 7.68. The zero-order valence-corrected chi connectivity index (χ0v) is 20.2. The van der Waals surface area contributed by atoms with E-state index < -0.39 is 35.4 Å². The topological polar surface area (TPSA) is 87.2 Å². The molecule has 2 saturated heterocycles. The highest BCUT2D eigenvalue weighted by molar-refractivity contribution is 8.18. The Hall–Kier alpha value is -3.73. The second-order valence-corrected chi connectivity index (χ2v) is 9.06. The first kappa shape index (κ1) is 25.4. The fourth-order valence-electron chi connectivity index (χ4n) is 3.84. The van der Waals surface area contributed by atoms with E-state index in [2.05, 4.69) is 0 Å². The van der Waals surface area contributed by atoms with E-state index in [1.54, 1.807) is 41.0 Å². The van der Waals surface area contributed by atoms with Crippen LogP contribution >= 0.6 is 11.8 Å². The molecule has 8 nitrogen and oxygen atoms in total. The molecule has 2 aliphatic rings. The summed E-state index contributed by atoms with van der Waals surface area (Å²) in [5, 5.41) is -0.623. The second-order valence-electron chi connectivity index (χ2n) is 8.07. The fraction of sp³-hybridized carbons (Fsp3) is 0.280. The molecule has 0 bridgehead atoms. The average Bonchev–Trinajstić information content (AvgIpc) is 3.13. The maximum Gasteiger partial charge on any atom is 0.409 e. The summed E-state index contributed by atoms with van der Waals surface area (Å²) in [6.45, 7) is 3.06. The first-order valence-electron chi connectivity index (χ1n) is 11.3. The highest BCUT2D eigenvalue weighted by atomic mass is 32.2. The van der Waals surface area contributed by atoms with Crippen molar-refractivity contribution < 1.29 is 32.7 Å². The van der Waals surface area contributed by atoms with Crippen LogP contribution in [0.25, 0.3) is 6.08 Å². The van der Waals surface area contributed by atoms with Crippen LogP contribution in [0.15, 0.2) is 47.4 Å². The molecule has 0 aromatic heterocycles. The molecule has 36 heavy (non-hydrogen) atoms. The fourth-order valence-corrected chi connectivity index (χ4v) is 4.68. The summed E-state index contributed by atoms with van der Waals surface area (Å²) in [6, 6.07) is 9.86. The summed E-state index contributed by atoms with van der Waals surface area (Å²) in [7, 11) is 0. The van der Waals surface area contributed by atoms with Gasteiger partial charge in [0.1, 0.15) is 11.6 Å². The van der Waals surface area contributed by atoms with E-state index in [1.807, 2.05) is 0 Å². The van der Waals surface area contributed by atoms with Crippen molar-refractivity contribution in [3.05, 3.63) is 75.7 Å². The zero-order valence-electron chi connectivity index (χ0n) is 19.4. The molecule has 0 atom stereocenters. The van der Waals surface area contributed by atoms with E-state index in [0.29, 0.717) is 55.7 Å². The van der Waals surface area contributed by atoms with Crippen molar-refractivity contribution >= 4 is 41.0 Å². The van der Waals surface area contributed by atoms with Gasteiger partial charge in [-0.3, -0.25) is 19.3 Å². The third kappa shape index (κ3) is 5.40. The van der Waals surface area contributed by atoms with Gasteiger partial charge >= 0.3 is 6.09 Å². The summed E-state index contributed by atoms with van der Waals surface area (Å²) in [6.07, 6.45) is 1.10. The number of amides is 4. The smallest absolute Gasteiger partial charge is 0.409 e. The predicted octanol–water partition coefficient (Wildman–Crippen LogP) is 4.12. The number of thioether (sulfide) groups is 1. The molecule has 2 fully saturated rings. The van der Waals surface area contributed by atoms with E-state index in [0.717, 1.165) is 17.0 Å². The van der Waals surface area contributed by atoms with Crippen molar-refractivity contribution in [1.82, 2.24) is 14.7 Å². The van der Waals surface area contributed by atoms with Crippen LogP contribution in [0, 0.1) is 11.6 Å². The number of ether oxygens (including phenoxy) is 1. The van der Waals surface area contributed by atoms with E-state index in [9.17, 15) is 28.0 Å². The summed E-state index contributed by atoms with van der Waals surface area (Å²) in [4.78, 5) is 53.8. The van der Waals surface area contributed by atoms with Crippen LogP contribution in [0.1, 0.15) is 28.4 Å². The molecule has 4 rings (SSSR count). The highest BCUT2D eigenvalue weighted by Gasteiger charge is 2.36. The van der Waals surface area contributed by atoms with Crippen molar-refractivity contribution in [2.75, 3.05) is 32.8 Å². The number of hydrogen-bond acceptors (Lipinski definition) is 6. The second kappa shape index (κ2) is 10.9. The minimum atomic E-state index is -0.833. The predicted molar refractivity (Wildman–Crippen MR) is 129 cm³/mol. The Labute approximate surface area is 210 Å². The Balaban J connectivity index is 1.40. The number of piperazine rings is 1. The molecule has 0 N–H and O–H groups in total. The van der Waals surface area contributed by atoms with Gasteiger partial charge in [-0.1, -0.05) is 18.2 Å². The molecule has 0 saturated carbocycles. The van der Waals surface area contributed by atoms with Gasteiger partial charge in [-0.15, -0.1) is 0 Å². The number of hydrogen-bond donors (Lipinski definition) is 0. The molecular formula is C25H23F2N3O5S. The number of halogens is 2. The maximum absolute atomic E-state index is 14.0. The molecule has 4 amide bonds.